The van der Waals surface area contributed by atoms with E-state index in [1.807, 2.05) is 0 Å². The molecule has 13 heteroatoms. The minimum Gasteiger partial charge on any atom is -0.443 e. The van der Waals surface area contributed by atoms with Crippen molar-refractivity contribution in [3.05, 3.63) is 72.2 Å². The van der Waals surface area contributed by atoms with Crippen molar-refractivity contribution < 1.29 is 35.2 Å². The molecule has 0 amide bonds. The second-order valence-electron chi connectivity index (χ2n) is 8.48. The van der Waals surface area contributed by atoms with Gasteiger partial charge in [-0.3, -0.25) is 9.78 Å². The molecule has 192 valence electrons. The molecule has 0 aliphatic carbocycles. The van der Waals surface area contributed by atoms with E-state index in [0.717, 1.165) is 28.8 Å². The molecule has 0 radical (unpaired) electrons. The normalized spacial score (nSPS) is 16.6. The van der Waals surface area contributed by atoms with Crippen LogP contribution >= 0.6 is 0 Å². The predicted octanol–water partition coefficient (Wildman–Crippen LogP) is 4.41. The van der Waals surface area contributed by atoms with E-state index in [4.69, 9.17) is 4.42 Å². The lowest BCUT2D eigenvalue weighted by Crippen LogP contribution is -2.54. The summed E-state index contributed by atoms with van der Waals surface area (Å²) in [6.07, 6.45) is -0.486. The number of aromatic nitrogens is 3. The molecule has 1 atom stereocenters. The van der Waals surface area contributed by atoms with Crippen LogP contribution in [0, 0.1) is 5.82 Å². The van der Waals surface area contributed by atoms with Crippen LogP contribution in [-0.4, -0.2) is 46.0 Å². The molecule has 1 fully saturated rings. The van der Waals surface area contributed by atoms with E-state index < -0.39 is 33.9 Å². The molecular weight excluding hydrogens is 516 g/mol. The quantitative estimate of drug-likeness (QED) is 0.324. The summed E-state index contributed by atoms with van der Waals surface area (Å²) < 4.78 is 84.1. The topological polar surface area (TPSA) is 106 Å². The Morgan fingerprint density at radius 1 is 1.08 bits per heavy atom. The van der Waals surface area contributed by atoms with Crippen LogP contribution in [0.3, 0.4) is 0 Å². The average molecular weight is 534 g/mol. The van der Waals surface area contributed by atoms with Crippen LogP contribution in [0.15, 0.2) is 64.5 Å². The Labute approximate surface area is 208 Å². The highest BCUT2D eigenvalue weighted by atomic mass is 32.2. The van der Waals surface area contributed by atoms with E-state index in [1.54, 1.807) is 12.1 Å². The van der Waals surface area contributed by atoms with Crippen molar-refractivity contribution >= 4 is 26.8 Å². The first-order valence-corrected chi connectivity index (χ1v) is 12.5. The van der Waals surface area contributed by atoms with Crippen LogP contribution in [0.1, 0.15) is 24.2 Å². The number of halogens is 4. The molecule has 8 nitrogen and oxygen atoms in total. The van der Waals surface area contributed by atoms with Gasteiger partial charge in [0.2, 0.25) is 10.9 Å². The molecular formula is C24H18F4N4O4S. The van der Waals surface area contributed by atoms with Crippen LogP contribution in [0.5, 0.6) is 0 Å². The number of carbonyl (C=O) groups is 1. The number of Topliss-reactive ketones (excluding diaryl/α,β-unsaturated/α-hetero) is 1. The molecule has 3 aromatic heterocycles. The molecule has 1 aliphatic heterocycles. The first-order chi connectivity index (χ1) is 17.5. The summed E-state index contributed by atoms with van der Waals surface area (Å²) in [6.45, 7) is 0.150. The smallest absolute Gasteiger partial charge is 0.443 e. The molecule has 1 aromatic carbocycles. The van der Waals surface area contributed by atoms with Crippen LogP contribution in [0.2, 0.25) is 0 Å². The number of nitrogens with zero attached hydrogens (tertiary/aromatic N) is 4. The van der Waals surface area contributed by atoms with Gasteiger partial charge in [-0.25, -0.2) is 22.8 Å². The van der Waals surface area contributed by atoms with Crippen LogP contribution in [0.4, 0.5) is 17.6 Å². The summed E-state index contributed by atoms with van der Waals surface area (Å²) in [6, 6.07) is 7.31. The molecule has 0 spiro atoms. The number of hydrogen-bond acceptors (Lipinski definition) is 7. The molecule has 0 bridgehead atoms. The molecule has 1 saturated heterocycles. The number of aryl methyl sites for hydroxylation is 1. The fourth-order valence-electron chi connectivity index (χ4n) is 4.03. The van der Waals surface area contributed by atoms with Crippen molar-refractivity contribution in [1.82, 2.24) is 19.3 Å². The number of fused-ring (bicyclic) bond motifs is 1. The second kappa shape index (κ2) is 9.30. The van der Waals surface area contributed by atoms with Crippen molar-refractivity contribution in [3.8, 4) is 11.3 Å². The van der Waals surface area contributed by atoms with Crippen LogP contribution in [0.25, 0.3) is 22.2 Å². The zero-order valence-corrected chi connectivity index (χ0v) is 19.8. The predicted molar refractivity (Wildman–Crippen MR) is 122 cm³/mol. The molecule has 4 heterocycles. The van der Waals surface area contributed by atoms with Crippen molar-refractivity contribution in [1.29, 1.82) is 0 Å². The lowest BCUT2D eigenvalue weighted by molar-refractivity contribution is -0.145. The van der Waals surface area contributed by atoms with Crippen molar-refractivity contribution in [3.63, 3.8) is 0 Å². The zero-order valence-electron chi connectivity index (χ0n) is 18.9. The Morgan fingerprint density at radius 2 is 1.84 bits per heavy atom. The highest BCUT2D eigenvalue weighted by Gasteiger charge is 2.43. The Morgan fingerprint density at radius 3 is 2.51 bits per heavy atom. The van der Waals surface area contributed by atoms with Crippen LogP contribution < -0.4 is 0 Å². The molecule has 1 aliphatic rings. The van der Waals surface area contributed by atoms with E-state index >= 15 is 0 Å². The van der Waals surface area contributed by atoms with Crippen molar-refractivity contribution in [2.75, 3.05) is 6.54 Å². The fraction of sp³-hybridized carbons (Fsp3) is 0.250. The number of hydrogen-bond donors (Lipinski definition) is 0. The third-order valence-corrected chi connectivity index (χ3v) is 7.81. The maximum absolute atomic E-state index is 13.5. The Balaban J connectivity index is 1.25. The standard InChI is InChI=1S/C24H18F4N4O4S/c25-17-2-4-21-15(10-17)11-22(36-21)37(34,35)32-8-6-19(32)20(33)3-1-14-5-7-29-18(9-14)16-12-30-23(31-13-16)24(26,27)28/h2,4-5,7,9-13,19H,1,3,6,8H2/t19-/m0/s1. The van der Waals surface area contributed by atoms with E-state index in [9.17, 15) is 30.8 Å². The van der Waals surface area contributed by atoms with Gasteiger partial charge in [0.25, 0.3) is 10.0 Å². The third-order valence-electron chi connectivity index (χ3n) is 6.05. The number of carbonyl (C=O) groups excluding carboxylic acids is 1. The first-order valence-electron chi connectivity index (χ1n) is 11.1. The summed E-state index contributed by atoms with van der Waals surface area (Å²) in [5.74, 6) is -2.07. The Bertz CT molecular complexity index is 1590. The summed E-state index contributed by atoms with van der Waals surface area (Å²) in [5, 5.41) is -0.0583. The average Bonchev–Trinajstić information content (AvgIpc) is 3.26. The van der Waals surface area contributed by atoms with Crippen LogP contribution in [-0.2, 0) is 27.4 Å². The number of rotatable bonds is 7. The summed E-state index contributed by atoms with van der Waals surface area (Å²) in [5.41, 5.74) is 1.53. The molecule has 5 rings (SSSR count). The van der Waals surface area contributed by atoms with E-state index in [0.29, 0.717) is 23.1 Å². The molecule has 0 N–H and O–H groups in total. The first kappa shape index (κ1) is 25.0. The number of alkyl halides is 3. The lowest BCUT2D eigenvalue weighted by Gasteiger charge is -2.37. The summed E-state index contributed by atoms with van der Waals surface area (Å²) in [4.78, 5) is 23.6. The molecule has 4 aromatic rings. The fourth-order valence-corrected chi connectivity index (χ4v) is 5.64. The van der Waals surface area contributed by atoms with Gasteiger partial charge in [0.05, 0.1) is 11.7 Å². The minimum atomic E-state index is -4.65. The van der Waals surface area contributed by atoms with Gasteiger partial charge in [0.15, 0.2) is 5.78 Å². The number of sulfonamides is 1. The maximum atomic E-state index is 13.5. The van der Waals surface area contributed by atoms with Gasteiger partial charge in [-0.1, -0.05) is 0 Å². The number of benzene rings is 1. The Hall–Kier alpha value is -3.71. The zero-order chi connectivity index (χ0) is 26.4. The largest absolute Gasteiger partial charge is 0.451 e. The second-order valence-corrected chi connectivity index (χ2v) is 10.3. The molecule has 0 unspecified atom stereocenters. The summed E-state index contributed by atoms with van der Waals surface area (Å²) in [7, 11) is -4.09. The lowest BCUT2D eigenvalue weighted by atomic mass is 9.97. The van der Waals surface area contributed by atoms with E-state index in [2.05, 4.69) is 15.0 Å². The van der Waals surface area contributed by atoms with Gasteiger partial charge in [-0.2, -0.15) is 17.5 Å². The number of pyridine rings is 1. The third kappa shape index (κ3) is 4.96. The maximum Gasteiger partial charge on any atom is 0.451 e. The highest BCUT2D eigenvalue weighted by molar-refractivity contribution is 7.89. The monoisotopic (exact) mass is 534 g/mol. The van der Waals surface area contributed by atoms with Gasteiger partial charge in [0, 0.05) is 48.6 Å². The minimum absolute atomic E-state index is 0.0367. The number of furan rings is 1. The highest BCUT2D eigenvalue weighted by Crippen LogP contribution is 2.32. The van der Waals surface area contributed by atoms with Gasteiger partial charge in [0.1, 0.15) is 11.4 Å². The van der Waals surface area contributed by atoms with E-state index in [-0.39, 0.29) is 41.4 Å². The van der Waals surface area contributed by atoms with Crippen molar-refractivity contribution in [2.24, 2.45) is 0 Å². The van der Waals surface area contributed by atoms with Crippen molar-refractivity contribution in [2.45, 2.75) is 36.6 Å². The van der Waals surface area contributed by atoms with Gasteiger partial charge < -0.3 is 4.42 Å². The molecule has 37 heavy (non-hydrogen) atoms. The van der Waals surface area contributed by atoms with Gasteiger partial charge in [-0.05, 0) is 48.7 Å². The number of ketones is 1. The van der Waals surface area contributed by atoms with E-state index in [1.165, 1.54) is 18.3 Å². The SMILES string of the molecule is O=C(CCc1ccnc(-c2cnc(C(F)(F)F)nc2)c1)[C@@H]1CCN1S(=O)(=O)c1cc2cc(F)ccc2o1. The molecule has 0 saturated carbocycles. The summed E-state index contributed by atoms with van der Waals surface area (Å²) >= 11 is 0. The van der Waals surface area contributed by atoms with Gasteiger partial charge in [-0.15, -0.1) is 0 Å². The Kier molecular flexibility index (Phi) is 6.28. The van der Waals surface area contributed by atoms with Gasteiger partial charge >= 0.3 is 6.18 Å².